The van der Waals surface area contributed by atoms with Crippen molar-refractivity contribution in [2.24, 2.45) is 0 Å². The van der Waals surface area contributed by atoms with Gasteiger partial charge in [-0.15, -0.1) is 0 Å². The van der Waals surface area contributed by atoms with Gasteiger partial charge in [-0.1, -0.05) is 0 Å². The van der Waals surface area contributed by atoms with Crippen LogP contribution in [0.1, 0.15) is 20.8 Å². The fourth-order valence-corrected chi connectivity index (χ4v) is 3.09. The Balaban J connectivity index is 2.94. The summed E-state index contributed by atoms with van der Waals surface area (Å²) in [4.78, 5) is 22.8. The Morgan fingerprint density at radius 3 is 2.35 bits per heavy atom. The van der Waals surface area contributed by atoms with Crippen molar-refractivity contribution in [2.45, 2.75) is 31.1 Å². The molecule has 1 rings (SSSR count). The largest absolute Gasteiger partial charge is 0.467 e. The van der Waals surface area contributed by atoms with E-state index in [1.54, 1.807) is 0 Å². The van der Waals surface area contributed by atoms with Crippen LogP contribution in [0.15, 0.2) is 0 Å². The third-order valence-corrected chi connectivity index (χ3v) is 5.09. The van der Waals surface area contributed by atoms with Crippen molar-refractivity contribution in [3.63, 3.8) is 0 Å². The van der Waals surface area contributed by atoms with Crippen LogP contribution in [-0.2, 0) is 24.3 Å². The molecule has 7 nitrogen and oxygen atoms in total. The Hall–Kier alpha value is -1.15. The molecule has 1 saturated heterocycles. The molecule has 0 aromatic heterocycles. The van der Waals surface area contributed by atoms with Gasteiger partial charge in [-0.05, 0) is 20.8 Å². The second kappa shape index (κ2) is 3.67. The number of methoxy groups -OCH3 is 1. The fourth-order valence-electron chi connectivity index (χ4n) is 1.48. The highest BCUT2D eigenvalue weighted by atomic mass is 32.2. The van der Waals surface area contributed by atoms with Crippen molar-refractivity contribution in [3.8, 4) is 0 Å². The summed E-state index contributed by atoms with van der Waals surface area (Å²) >= 11 is 0. The van der Waals surface area contributed by atoms with Crippen molar-refractivity contribution in [1.29, 1.82) is 0 Å². The second-order valence-corrected chi connectivity index (χ2v) is 7.00. The lowest BCUT2D eigenvalue weighted by molar-refractivity contribution is -0.162. The van der Waals surface area contributed by atoms with Gasteiger partial charge in [0.25, 0.3) is 15.9 Å². The summed E-state index contributed by atoms with van der Waals surface area (Å²) in [5.74, 6) is -1.65. The average Bonchev–Trinajstić information content (AvgIpc) is 2.23. The van der Waals surface area contributed by atoms with E-state index in [0.717, 1.165) is 14.0 Å². The molecule has 1 aliphatic heterocycles. The molecule has 1 fully saturated rings. The first-order valence-corrected chi connectivity index (χ1v) is 6.30. The Bertz CT molecular complexity index is 464. The molecule has 0 aromatic rings. The summed E-state index contributed by atoms with van der Waals surface area (Å²) in [5.41, 5.74) is -2.05. The third-order valence-electron chi connectivity index (χ3n) is 2.75. The van der Waals surface area contributed by atoms with Crippen molar-refractivity contribution in [2.75, 3.05) is 13.7 Å². The van der Waals surface area contributed by atoms with Crippen molar-refractivity contribution < 1.29 is 27.9 Å². The number of carbonyl (C=O) groups is 2. The summed E-state index contributed by atoms with van der Waals surface area (Å²) in [7, 11) is -2.75. The molecular weight excluding hydrogens is 250 g/mol. The summed E-state index contributed by atoms with van der Waals surface area (Å²) < 4.78 is 26.7. The number of rotatable bonds is 3. The molecule has 8 heteroatoms. The maximum Gasteiger partial charge on any atom is 0.339 e. The summed E-state index contributed by atoms with van der Waals surface area (Å²) in [6.07, 6.45) is 0. The molecule has 0 aliphatic carbocycles. The zero-order valence-electron chi connectivity index (χ0n) is 10.1. The lowest BCUT2D eigenvalue weighted by Gasteiger charge is -2.44. The molecule has 1 heterocycles. The number of β-amino-alcohol motifs (C(OH)–C–C–N with tert-alkyl or cyclic N) is 1. The van der Waals surface area contributed by atoms with E-state index in [9.17, 15) is 23.1 Å². The Morgan fingerprint density at radius 2 is 2.00 bits per heavy atom. The smallest absolute Gasteiger partial charge is 0.339 e. The van der Waals surface area contributed by atoms with Gasteiger partial charge in [-0.2, -0.15) is 0 Å². The molecule has 98 valence electrons. The highest BCUT2D eigenvalue weighted by Crippen LogP contribution is 2.35. The van der Waals surface area contributed by atoms with Gasteiger partial charge in [0, 0.05) is 0 Å². The standard InChI is InChI=1S/C9H15NO6S/c1-8(2)6(11)10(17(8,14)15)5-9(3,13)7(12)16-4/h13H,5H2,1-4H3. The molecule has 1 amide bonds. The normalized spacial score (nSPS) is 24.8. The highest BCUT2D eigenvalue weighted by molar-refractivity contribution is 7.94. The average molecular weight is 265 g/mol. The minimum Gasteiger partial charge on any atom is -0.467 e. The number of hydrogen-bond acceptors (Lipinski definition) is 6. The monoisotopic (exact) mass is 265 g/mol. The third kappa shape index (κ3) is 1.81. The first kappa shape index (κ1) is 13.9. The zero-order valence-corrected chi connectivity index (χ0v) is 10.9. The Labute approximate surface area is 99.4 Å². The van der Waals surface area contributed by atoms with E-state index in [1.165, 1.54) is 13.8 Å². The summed E-state index contributed by atoms with van der Waals surface area (Å²) in [5, 5.41) is 9.71. The van der Waals surface area contributed by atoms with Gasteiger partial charge in [-0.25, -0.2) is 17.5 Å². The number of hydrogen-bond donors (Lipinski definition) is 1. The SMILES string of the molecule is COC(=O)C(C)(O)CN1C(=O)C(C)(C)S1(=O)=O. The molecular formula is C9H15NO6S. The van der Waals surface area contributed by atoms with Crippen molar-refractivity contribution in [3.05, 3.63) is 0 Å². The molecule has 0 saturated carbocycles. The van der Waals surface area contributed by atoms with Gasteiger partial charge < -0.3 is 9.84 Å². The van der Waals surface area contributed by atoms with E-state index in [1.807, 2.05) is 0 Å². The van der Waals surface area contributed by atoms with Crippen LogP contribution in [0.5, 0.6) is 0 Å². The zero-order chi connectivity index (χ0) is 13.6. The van der Waals surface area contributed by atoms with Crippen LogP contribution < -0.4 is 0 Å². The first-order valence-electron chi connectivity index (χ1n) is 4.86. The van der Waals surface area contributed by atoms with E-state index in [4.69, 9.17) is 0 Å². The van der Waals surface area contributed by atoms with Gasteiger partial charge in [0.1, 0.15) is 0 Å². The van der Waals surface area contributed by atoms with Crippen molar-refractivity contribution >= 4 is 21.9 Å². The Kier molecular flexibility index (Phi) is 3.01. The molecule has 17 heavy (non-hydrogen) atoms. The molecule has 0 radical (unpaired) electrons. The van der Waals surface area contributed by atoms with Gasteiger partial charge in [0.15, 0.2) is 10.3 Å². The van der Waals surface area contributed by atoms with Crippen LogP contribution in [-0.4, -0.2) is 53.7 Å². The van der Waals surface area contributed by atoms with E-state index >= 15 is 0 Å². The highest BCUT2D eigenvalue weighted by Gasteiger charge is 2.61. The van der Waals surface area contributed by atoms with E-state index in [-0.39, 0.29) is 0 Å². The summed E-state index contributed by atoms with van der Waals surface area (Å²) in [6, 6.07) is 0. The van der Waals surface area contributed by atoms with Gasteiger partial charge in [-0.3, -0.25) is 4.79 Å². The minimum atomic E-state index is -3.81. The molecule has 1 unspecified atom stereocenters. The van der Waals surface area contributed by atoms with Gasteiger partial charge >= 0.3 is 5.97 Å². The van der Waals surface area contributed by atoms with Crippen LogP contribution >= 0.6 is 0 Å². The molecule has 0 aromatic carbocycles. The molecule has 0 spiro atoms. The number of carbonyl (C=O) groups excluding carboxylic acids is 2. The van der Waals surface area contributed by atoms with Crippen LogP contribution in [0, 0.1) is 0 Å². The number of amides is 1. The van der Waals surface area contributed by atoms with Crippen LogP contribution in [0.4, 0.5) is 0 Å². The van der Waals surface area contributed by atoms with Crippen molar-refractivity contribution in [1.82, 2.24) is 4.31 Å². The van der Waals surface area contributed by atoms with Gasteiger partial charge in [0.05, 0.1) is 13.7 Å². The minimum absolute atomic E-state index is 0.490. The topological polar surface area (TPSA) is 101 Å². The number of aliphatic hydroxyl groups is 1. The summed E-state index contributed by atoms with van der Waals surface area (Å²) in [6.45, 7) is 3.00. The number of nitrogens with zero attached hydrogens (tertiary/aromatic N) is 1. The lowest BCUT2D eigenvalue weighted by Crippen LogP contribution is -2.70. The van der Waals surface area contributed by atoms with Crippen LogP contribution in [0.3, 0.4) is 0 Å². The van der Waals surface area contributed by atoms with E-state index < -0.39 is 38.8 Å². The predicted octanol–water partition coefficient (Wildman–Crippen LogP) is -1.14. The Morgan fingerprint density at radius 1 is 1.53 bits per heavy atom. The quantitative estimate of drug-likeness (QED) is 0.647. The number of sulfonamides is 1. The van der Waals surface area contributed by atoms with E-state index in [0.29, 0.717) is 4.31 Å². The fraction of sp³-hybridized carbons (Fsp3) is 0.778. The lowest BCUT2D eigenvalue weighted by atomic mass is 10.1. The molecule has 1 aliphatic rings. The molecule has 1 atom stereocenters. The maximum absolute atomic E-state index is 11.7. The van der Waals surface area contributed by atoms with Crippen LogP contribution in [0.2, 0.25) is 0 Å². The predicted molar refractivity (Wildman–Crippen MR) is 57.4 cm³/mol. The number of ether oxygens (including phenoxy) is 1. The molecule has 1 N–H and O–H groups in total. The van der Waals surface area contributed by atoms with Crippen LogP contribution in [0.25, 0.3) is 0 Å². The first-order chi connectivity index (χ1) is 7.48. The van der Waals surface area contributed by atoms with Gasteiger partial charge in [0.2, 0.25) is 0 Å². The van der Waals surface area contributed by atoms with E-state index in [2.05, 4.69) is 4.74 Å². The molecule has 0 bridgehead atoms. The second-order valence-electron chi connectivity index (χ2n) is 4.59. The number of esters is 1. The maximum atomic E-state index is 11.7.